The fourth-order valence-corrected chi connectivity index (χ4v) is 2.08. The maximum atomic E-state index is 12.4. The number of alkyl halides is 2. The first-order chi connectivity index (χ1) is 8.41. The van der Waals surface area contributed by atoms with Gasteiger partial charge in [-0.3, -0.25) is 4.72 Å². The van der Waals surface area contributed by atoms with Crippen molar-refractivity contribution >= 4 is 26.7 Å². The van der Waals surface area contributed by atoms with E-state index >= 15 is 0 Å². The molecule has 2 rings (SSSR count). The number of nitrogens with zero attached hydrogens (tertiary/aromatic N) is 1. The fourth-order valence-electron chi connectivity index (χ4n) is 1.45. The molecule has 2 aromatic rings. The number of benzene rings is 1. The summed E-state index contributed by atoms with van der Waals surface area (Å²) in [7, 11) is -3.38. The molecule has 0 aliphatic carbocycles. The third-order valence-electron chi connectivity index (χ3n) is 2.36. The van der Waals surface area contributed by atoms with E-state index in [-0.39, 0.29) is 5.75 Å². The number of sulfonamides is 1. The molecule has 0 saturated carbocycles. The molecule has 0 aliphatic heterocycles. The van der Waals surface area contributed by atoms with Crippen molar-refractivity contribution in [3.05, 3.63) is 24.0 Å². The van der Waals surface area contributed by atoms with E-state index in [0.717, 1.165) is 0 Å². The molecule has 2 N–H and O–H groups in total. The summed E-state index contributed by atoms with van der Waals surface area (Å²) in [5.41, 5.74) is 1.04. The molecule has 0 atom stereocenters. The number of hydrogen-bond acceptors (Lipinski definition) is 3. The van der Waals surface area contributed by atoms with Gasteiger partial charge in [0, 0.05) is 0 Å². The minimum Gasteiger partial charge on any atom is -0.337 e. The second-order valence-electron chi connectivity index (χ2n) is 3.66. The number of H-pyrrole nitrogens is 1. The SMILES string of the molecule is CCS(=O)(=O)Nc1ccc2nc(C(F)F)[nH]c2c1. The normalized spacial score (nSPS) is 12.2. The minimum absolute atomic E-state index is 0.0592. The molecule has 0 saturated heterocycles. The van der Waals surface area contributed by atoms with Crippen LogP contribution in [0.25, 0.3) is 11.0 Å². The van der Waals surface area contributed by atoms with Crippen LogP contribution in [0.1, 0.15) is 19.2 Å². The summed E-state index contributed by atoms with van der Waals surface area (Å²) < 4.78 is 49.9. The monoisotopic (exact) mass is 275 g/mol. The predicted molar refractivity (Wildman–Crippen MR) is 64.1 cm³/mol. The van der Waals surface area contributed by atoms with E-state index in [1.165, 1.54) is 25.1 Å². The Labute approximate surface area is 102 Å². The summed E-state index contributed by atoms with van der Waals surface area (Å²) in [6, 6.07) is 4.39. The van der Waals surface area contributed by atoms with Crippen LogP contribution < -0.4 is 4.72 Å². The lowest BCUT2D eigenvalue weighted by molar-refractivity contribution is 0.142. The topological polar surface area (TPSA) is 74.8 Å². The molecule has 0 radical (unpaired) electrons. The van der Waals surface area contributed by atoms with Crippen LogP contribution in [0, 0.1) is 0 Å². The van der Waals surface area contributed by atoms with Crippen molar-refractivity contribution in [1.82, 2.24) is 9.97 Å². The summed E-state index contributed by atoms with van der Waals surface area (Å²) in [6.45, 7) is 1.51. The van der Waals surface area contributed by atoms with Gasteiger partial charge in [-0.15, -0.1) is 0 Å². The van der Waals surface area contributed by atoms with Gasteiger partial charge in [-0.2, -0.15) is 0 Å². The molecule has 1 heterocycles. The number of imidazole rings is 1. The van der Waals surface area contributed by atoms with Gasteiger partial charge in [0.2, 0.25) is 10.0 Å². The first kappa shape index (κ1) is 12.7. The number of fused-ring (bicyclic) bond motifs is 1. The van der Waals surface area contributed by atoms with Crippen molar-refractivity contribution in [3.63, 3.8) is 0 Å². The molecule has 0 amide bonds. The maximum absolute atomic E-state index is 12.4. The molecule has 0 unspecified atom stereocenters. The smallest absolute Gasteiger partial charge is 0.295 e. The van der Waals surface area contributed by atoms with Gasteiger partial charge >= 0.3 is 0 Å². The summed E-state index contributed by atoms with van der Waals surface area (Å²) in [4.78, 5) is 6.13. The van der Waals surface area contributed by atoms with Crippen molar-refractivity contribution in [2.24, 2.45) is 0 Å². The third-order valence-corrected chi connectivity index (χ3v) is 3.67. The molecule has 0 aliphatic rings. The largest absolute Gasteiger partial charge is 0.337 e. The Morgan fingerprint density at radius 1 is 1.44 bits per heavy atom. The van der Waals surface area contributed by atoms with Gasteiger partial charge in [0.25, 0.3) is 6.43 Å². The summed E-state index contributed by atoms with van der Waals surface area (Å²) >= 11 is 0. The lowest BCUT2D eigenvalue weighted by Gasteiger charge is -2.05. The number of hydrogen-bond donors (Lipinski definition) is 2. The molecule has 0 spiro atoms. The first-order valence-electron chi connectivity index (χ1n) is 5.19. The van der Waals surface area contributed by atoms with E-state index in [4.69, 9.17) is 0 Å². The van der Waals surface area contributed by atoms with Crippen LogP contribution in [0.4, 0.5) is 14.5 Å². The molecule has 1 aromatic heterocycles. The molecule has 98 valence electrons. The second kappa shape index (κ2) is 4.52. The van der Waals surface area contributed by atoms with Crippen molar-refractivity contribution in [3.8, 4) is 0 Å². The second-order valence-corrected chi connectivity index (χ2v) is 5.67. The van der Waals surface area contributed by atoms with Gasteiger partial charge in [0.15, 0.2) is 5.82 Å². The Morgan fingerprint density at radius 3 is 2.78 bits per heavy atom. The van der Waals surface area contributed by atoms with E-state index in [2.05, 4.69) is 14.7 Å². The fraction of sp³-hybridized carbons (Fsp3) is 0.300. The van der Waals surface area contributed by atoms with Gasteiger partial charge in [0.1, 0.15) is 0 Å². The van der Waals surface area contributed by atoms with Gasteiger partial charge in [-0.25, -0.2) is 22.2 Å². The molecule has 18 heavy (non-hydrogen) atoms. The maximum Gasteiger partial charge on any atom is 0.295 e. The predicted octanol–water partition coefficient (Wildman–Crippen LogP) is 2.26. The van der Waals surface area contributed by atoms with Crippen LogP contribution >= 0.6 is 0 Å². The highest BCUT2D eigenvalue weighted by Crippen LogP contribution is 2.22. The summed E-state index contributed by atoms with van der Waals surface area (Å²) in [5, 5.41) is 0. The van der Waals surface area contributed by atoms with Crippen LogP contribution in [0.3, 0.4) is 0 Å². The molecule has 1 aromatic carbocycles. The number of anilines is 1. The highest BCUT2D eigenvalue weighted by Gasteiger charge is 2.13. The van der Waals surface area contributed by atoms with Crippen molar-refractivity contribution in [2.45, 2.75) is 13.3 Å². The van der Waals surface area contributed by atoms with Crippen LogP contribution in [-0.4, -0.2) is 24.1 Å². The highest BCUT2D eigenvalue weighted by molar-refractivity contribution is 7.92. The third kappa shape index (κ3) is 2.58. The van der Waals surface area contributed by atoms with Gasteiger partial charge in [-0.05, 0) is 25.1 Å². The van der Waals surface area contributed by atoms with Crippen molar-refractivity contribution in [2.75, 3.05) is 10.5 Å². The van der Waals surface area contributed by atoms with Crippen LogP contribution in [0.15, 0.2) is 18.2 Å². The van der Waals surface area contributed by atoms with E-state index in [9.17, 15) is 17.2 Å². The van der Waals surface area contributed by atoms with E-state index in [1.54, 1.807) is 0 Å². The number of aromatic amines is 1. The first-order valence-corrected chi connectivity index (χ1v) is 6.85. The van der Waals surface area contributed by atoms with Crippen molar-refractivity contribution < 1.29 is 17.2 Å². The molecular formula is C10H11F2N3O2S. The molecule has 5 nitrogen and oxygen atoms in total. The number of rotatable bonds is 4. The molecule has 8 heteroatoms. The zero-order valence-corrected chi connectivity index (χ0v) is 10.3. The number of halogens is 2. The van der Waals surface area contributed by atoms with Crippen LogP contribution in [0.5, 0.6) is 0 Å². The van der Waals surface area contributed by atoms with E-state index in [0.29, 0.717) is 16.7 Å². The lowest BCUT2D eigenvalue weighted by Crippen LogP contribution is -2.14. The molecular weight excluding hydrogens is 264 g/mol. The molecule has 0 fully saturated rings. The standard InChI is InChI=1S/C10H11F2N3O2S/c1-2-18(16,17)15-6-3-4-7-8(5-6)14-10(13-7)9(11)12/h3-5,9,15H,2H2,1H3,(H,13,14). The van der Waals surface area contributed by atoms with Gasteiger partial charge in [-0.1, -0.05) is 0 Å². The highest BCUT2D eigenvalue weighted by atomic mass is 32.2. The Morgan fingerprint density at radius 2 is 2.17 bits per heavy atom. The summed E-state index contributed by atoms with van der Waals surface area (Å²) in [5.74, 6) is -0.489. The van der Waals surface area contributed by atoms with Gasteiger partial charge in [0.05, 0.1) is 22.5 Å². The van der Waals surface area contributed by atoms with Crippen molar-refractivity contribution in [1.29, 1.82) is 0 Å². The Balaban J connectivity index is 2.38. The number of aromatic nitrogens is 2. The number of nitrogens with one attached hydrogen (secondary N) is 2. The van der Waals surface area contributed by atoms with Gasteiger partial charge < -0.3 is 4.98 Å². The van der Waals surface area contributed by atoms with Crippen LogP contribution in [0.2, 0.25) is 0 Å². The quantitative estimate of drug-likeness (QED) is 0.898. The van der Waals surface area contributed by atoms with Crippen LogP contribution in [-0.2, 0) is 10.0 Å². The zero-order valence-electron chi connectivity index (χ0n) is 9.44. The Hall–Kier alpha value is -1.70. The Bertz CT molecular complexity index is 667. The minimum atomic E-state index is -3.38. The summed E-state index contributed by atoms with van der Waals surface area (Å²) in [6.07, 6.45) is -2.69. The Kier molecular flexibility index (Phi) is 3.20. The lowest BCUT2D eigenvalue weighted by atomic mass is 10.3. The average Bonchev–Trinajstić information content (AvgIpc) is 2.71. The van der Waals surface area contributed by atoms with E-state index in [1.807, 2.05) is 0 Å². The zero-order chi connectivity index (χ0) is 13.3. The van der Waals surface area contributed by atoms with E-state index < -0.39 is 22.3 Å². The molecule has 0 bridgehead atoms. The average molecular weight is 275 g/mol.